The van der Waals surface area contributed by atoms with Crippen molar-refractivity contribution in [2.24, 2.45) is 18.7 Å². The van der Waals surface area contributed by atoms with Crippen LogP contribution in [0.1, 0.15) is 32.0 Å². The van der Waals surface area contributed by atoms with Gasteiger partial charge in [0, 0.05) is 34.7 Å². The Kier molecular flexibility index (Phi) is 2.78. The molecule has 0 aliphatic carbocycles. The van der Waals surface area contributed by atoms with Crippen LogP contribution in [-0.4, -0.2) is 4.57 Å². The molecule has 0 spiro atoms. The van der Waals surface area contributed by atoms with Crippen LogP contribution in [-0.2, 0) is 12.6 Å². The van der Waals surface area contributed by atoms with Gasteiger partial charge in [-0.25, -0.2) is 0 Å². The zero-order valence-corrected chi connectivity index (χ0v) is 11.4. The van der Waals surface area contributed by atoms with Crippen molar-refractivity contribution in [2.75, 3.05) is 0 Å². The number of hydrogen-bond acceptors (Lipinski definition) is 1. The smallest absolute Gasteiger partial charge is 0.0483 e. The van der Waals surface area contributed by atoms with Crippen LogP contribution in [0.5, 0.6) is 0 Å². The Morgan fingerprint density at radius 1 is 1.24 bits per heavy atom. The normalized spacial score (nSPS) is 15.5. The minimum absolute atomic E-state index is 0.287. The zero-order valence-electron chi connectivity index (χ0n) is 11.4. The van der Waals surface area contributed by atoms with E-state index in [9.17, 15) is 0 Å². The summed E-state index contributed by atoms with van der Waals surface area (Å²) in [5, 5.41) is 1.28. The van der Waals surface area contributed by atoms with Gasteiger partial charge in [-0.1, -0.05) is 32.0 Å². The van der Waals surface area contributed by atoms with Crippen molar-refractivity contribution in [1.29, 1.82) is 0 Å². The van der Waals surface area contributed by atoms with Crippen molar-refractivity contribution in [1.82, 2.24) is 4.57 Å². The number of para-hydroxylation sites is 1. The van der Waals surface area contributed by atoms with Crippen LogP contribution in [0.3, 0.4) is 0 Å². The third-order valence-electron chi connectivity index (χ3n) is 4.14. The van der Waals surface area contributed by atoms with Gasteiger partial charge in [0.1, 0.15) is 0 Å². The summed E-state index contributed by atoms with van der Waals surface area (Å²) >= 11 is 0. The van der Waals surface area contributed by atoms with Crippen LogP contribution < -0.4 is 5.73 Å². The molecule has 2 nitrogen and oxygen atoms in total. The molecule has 1 atom stereocenters. The molecule has 0 saturated carbocycles. The Balaban J connectivity index is 2.82. The fourth-order valence-corrected chi connectivity index (χ4v) is 2.49. The molecule has 0 fully saturated rings. The molecule has 92 valence electrons. The lowest BCUT2D eigenvalue weighted by atomic mass is 9.81. The minimum atomic E-state index is -0.287. The van der Waals surface area contributed by atoms with E-state index in [2.05, 4.69) is 63.6 Å². The van der Waals surface area contributed by atoms with Gasteiger partial charge in [0.15, 0.2) is 0 Å². The molecular weight excluding hydrogens is 208 g/mol. The van der Waals surface area contributed by atoms with Gasteiger partial charge in [-0.15, -0.1) is 0 Å². The molecular formula is C15H22N2. The third-order valence-corrected chi connectivity index (χ3v) is 4.14. The summed E-state index contributed by atoms with van der Waals surface area (Å²) in [4.78, 5) is 0. The molecule has 17 heavy (non-hydrogen) atoms. The molecule has 0 amide bonds. The molecule has 2 aromatic rings. The molecule has 2 rings (SSSR count). The maximum absolute atomic E-state index is 6.55. The Morgan fingerprint density at radius 3 is 2.41 bits per heavy atom. The van der Waals surface area contributed by atoms with Gasteiger partial charge in [-0.3, -0.25) is 0 Å². The molecule has 1 aromatic carbocycles. The highest BCUT2D eigenvalue weighted by Gasteiger charge is 2.30. The lowest BCUT2D eigenvalue weighted by Gasteiger charge is -2.30. The highest BCUT2D eigenvalue weighted by atomic mass is 15.0. The van der Waals surface area contributed by atoms with Crippen molar-refractivity contribution in [3.63, 3.8) is 0 Å². The highest BCUT2D eigenvalue weighted by molar-refractivity contribution is 5.86. The van der Waals surface area contributed by atoms with E-state index >= 15 is 0 Å². The Hall–Kier alpha value is -1.28. The standard InChI is InChI=1S/C15H22N2/c1-10(2)15(4,16)14-11(3)17(5)13-9-7-6-8-12(13)14/h6-10H,16H2,1-5H3. The number of nitrogens with zero attached hydrogens (tertiary/aromatic N) is 1. The fraction of sp³-hybridized carbons (Fsp3) is 0.467. The second-order valence-corrected chi connectivity index (χ2v) is 5.47. The summed E-state index contributed by atoms with van der Waals surface area (Å²) in [5.41, 5.74) is 10.1. The molecule has 0 saturated heterocycles. The number of aryl methyl sites for hydroxylation is 1. The van der Waals surface area contributed by atoms with Gasteiger partial charge >= 0.3 is 0 Å². The van der Waals surface area contributed by atoms with E-state index in [1.807, 2.05) is 0 Å². The van der Waals surface area contributed by atoms with Crippen LogP contribution in [0.25, 0.3) is 10.9 Å². The highest BCUT2D eigenvalue weighted by Crippen LogP contribution is 2.36. The van der Waals surface area contributed by atoms with Crippen molar-refractivity contribution in [3.8, 4) is 0 Å². The summed E-state index contributed by atoms with van der Waals surface area (Å²) in [7, 11) is 2.11. The number of hydrogen-bond donors (Lipinski definition) is 1. The average molecular weight is 230 g/mol. The second-order valence-electron chi connectivity index (χ2n) is 5.47. The van der Waals surface area contributed by atoms with E-state index in [0.717, 1.165) is 0 Å². The van der Waals surface area contributed by atoms with E-state index in [1.54, 1.807) is 0 Å². The number of nitrogens with two attached hydrogens (primary N) is 1. The molecule has 2 heteroatoms. The monoisotopic (exact) mass is 230 g/mol. The topological polar surface area (TPSA) is 30.9 Å². The fourth-order valence-electron chi connectivity index (χ4n) is 2.49. The van der Waals surface area contributed by atoms with Crippen molar-refractivity contribution >= 4 is 10.9 Å². The number of benzene rings is 1. The van der Waals surface area contributed by atoms with Gasteiger partial charge in [0.05, 0.1) is 0 Å². The first-order chi connectivity index (χ1) is 7.87. The summed E-state index contributed by atoms with van der Waals surface area (Å²) in [6.07, 6.45) is 0. The van der Waals surface area contributed by atoms with Crippen molar-refractivity contribution < 1.29 is 0 Å². The molecule has 2 N–H and O–H groups in total. The Labute approximate surface area is 103 Å². The Morgan fingerprint density at radius 2 is 1.82 bits per heavy atom. The van der Waals surface area contributed by atoms with Crippen LogP contribution in [0.2, 0.25) is 0 Å². The lowest BCUT2D eigenvalue weighted by Crippen LogP contribution is -2.39. The van der Waals surface area contributed by atoms with Gasteiger partial charge in [-0.2, -0.15) is 0 Å². The van der Waals surface area contributed by atoms with Crippen LogP contribution in [0.15, 0.2) is 24.3 Å². The first-order valence-corrected chi connectivity index (χ1v) is 6.20. The van der Waals surface area contributed by atoms with Gasteiger partial charge < -0.3 is 10.3 Å². The van der Waals surface area contributed by atoms with Crippen LogP contribution >= 0.6 is 0 Å². The molecule has 0 radical (unpaired) electrons. The summed E-state index contributed by atoms with van der Waals surface area (Å²) < 4.78 is 2.23. The van der Waals surface area contributed by atoms with E-state index in [0.29, 0.717) is 5.92 Å². The molecule has 0 aliphatic rings. The predicted molar refractivity (Wildman–Crippen MR) is 74.0 cm³/mol. The molecule has 0 aliphatic heterocycles. The average Bonchev–Trinajstić information content (AvgIpc) is 2.52. The molecule has 1 unspecified atom stereocenters. The second kappa shape index (κ2) is 3.88. The van der Waals surface area contributed by atoms with E-state index in [4.69, 9.17) is 5.73 Å². The first kappa shape index (κ1) is 12.2. The Bertz CT molecular complexity index is 547. The third kappa shape index (κ3) is 1.67. The maximum atomic E-state index is 6.55. The van der Waals surface area contributed by atoms with E-state index in [1.165, 1.54) is 22.2 Å². The summed E-state index contributed by atoms with van der Waals surface area (Å²) in [6, 6.07) is 8.49. The van der Waals surface area contributed by atoms with Crippen molar-refractivity contribution in [2.45, 2.75) is 33.2 Å². The minimum Gasteiger partial charge on any atom is -0.348 e. The first-order valence-electron chi connectivity index (χ1n) is 6.20. The van der Waals surface area contributed by atoms with Crippen LogP contribution in [0.4, 0.5) is 0 Å². The summed E-state index contributed by atoms with van der Waals surface area (Å²) in [6.45, 7) is 8.65. The number of aromatic nitrogens is 1. The molecule has 0 bridgehead atoms. The van der Waals surface area contributed by atoms with Crippen LogP contribution in [0, 0.1) is 12.8 Å². The number of rotatable bonds is 2. The predicted octanol–water partition coefficient (Wildman–Crippen LogP) is 3.32. The molecule has 1 aromatic heterocycles. The summed E-state index contributed by atoms with van der Waals surface area (Å²) in [5.74, 6) is 0.409. The molecule has 1 heterocycles. The quantitative estimate of drug-likeness (QED) is 0.843. The largest absolute Gasteiger partial charge is 0.348 e. The van der Waals surface area contributed by atoms with E-state index < -0.39 is 0 Å². The number of fused-ring (bicyclic) bond motifs is 1. The lowest BCUT2D eigenvalue weighted by molar-refractivity contribution is 0.351. The maximum Gasteiger partial charge on any atom is 0.0483 e. The van der Waals surface area contributed by atoms with E-state index in [-0.39, 0.29) is 5.54 Å². The van der Waals surface area contributed by atoms with Crippen molar-refractivity contribution in [3.05, 3.63) is 35.5 Å². The van der Waals surface area contributed by atoms with Gasteiger partial charge in [0.25, 0.3) is 0 Å². The van der Waals surface area contributed by atoms with Gasteiger partial charge in [0.2, 0.25) is 0 Å². The SMILES string of the molecule is Cc1c(C(C)(N)C(C)C)c2ccccc2n1C. The zero-order chi connectivity index (χ0) is 12.8. The van der Waals surface area contributed by atoms with Gasteiger partial charge in [-0.05, 0) is 25.8 Å².